The topological polar surface area (TPSA) is 147 Å². The van der Waals surface area contributed by atoms with Crippen LogP contribution in [0.1, 0.15) is 242 Å². The molecule has 9 nitrogen and oxygen atoms in total. The van der Waals surface area contributed by atoms with E-state index in [1.165, 1.54) is 64.5 Å². The lowest BCUT2D eigenvalue weighted by atomic mass is 9.49. The van der Waals surface area contributed by atoms with Gasteiger partial charge in [-0.05, 0) is 200 Å². The van der Waals surface area contributed by atoms with Crippen LogP contribution in [0.15, 0.2) is 154 Å². The van der Waals surface area contributed by atoms with Gasteiger partial charge in [0.2, 0.25) is 0 Å². The van der Waals surface area contributed by atoms with Crippen molar-refractivity contribution in [2.75, 3.05) is 12.4 Å². The van der Waals surface area contributed by atoms with E-state index in [1.54, 1.807) is 45.0 Å². The Bertz CT molecular complexity index is 2780. The van der Waals surface area contributed by atoms with Gasteiger partial charge in [0.25, 0.3) is 16.0 Å². The molecule has 16 heteroatoms. The Morgan fingerprint density at radius 3 is 1.22 bits per heavy atom. The predicted octanol–water partition coefficient (Wildman–Crippen LogP) is 23.2. The highest BCUT2D eigenvalue weighted by atomic mass is 32.2. The zero-order valence-corrected chi connectivity index (χ0v) is 53.6. The molecule has 0 spiro atoms. The predicted molar refractivity (Wildman–Crippen MR) is 384 cm³/mol. The quantitative estimate of drug-likeness (QED) is 0.0318. The average Bonchev–Trinajstić information content (AvgIpc) is 0.729. The molecule has 4 aliphatic carbocycles. The van der Waals surface area contributed by atoms with Crippen LogP contribution in [-0.2, 0) is 45.7 Å². The number of aromatic hydroxyl groups is 1. The normalized spacial score (nSPS) is 18.7. The first-order valence-electron chi connectivity index (χ1n) is 30.0. The minimum atomic E-state index is -4.76. The van der Waals surface area contributed by atoms with Crippen LogP contribution in [0.5, 0.6) is 5.75 Å². The molecule has 5 aromatic rings. The van der Waals surface area contributed by atoms with Crippen molar-refractivity contribution in [2.24, 2.45) is 34.5 Å². The molecule has 0 radical (unpaired) electrons. The molecule has 0 heterocycles. The number of halogens is 5. The summed E-state index contributed by atoms with van der Waals surface area (Å²) in [6.07, 6.45) is 5.49. The van der Waals surface area contributed by atoms with E-state index in [1.807, 2.05) is 39.8 Å². The molecule has 4 saturated carbocycles. The first kappa shape index (κ1) is 96.4. The van der Waals surface area contributed by atoms with Gasteiger partial charge in [0.1, 0.15) is 17.1 Å². The molecule has 0 saturated heterocycles. The van der Waals surface area contributed by atoms with Crippen LogP contribution in [0.4, 0.5) is 22.0 Å². The van der Waals surface area contributed by atoms with Crippen molar-refractivity contribution in [3.63, 3.8) is 0 Å². The fourth-order valence-electron chi connectivity index (χ4n) is 10.9. The molecular formula is C77H126F5O9S2+. The molecule has 4 bridgehead atoms. The second-order valence-corrected chi connectivity index (χ2v) is 28.1. The van der Waals surface area contributed by atoms with Crippen LogP contribution in [0.2, 0.25) is 0 Å². The molecule has 0 aliphatic heterocycles. The van der Waals surface area contributed by atoms with Gasteiger partial charge >= 0.3 is 18.1 Å². The van der Waals surface area contributed by atoms with Crippen molar-refractivity contribution >= 4 is 33.0 Å². The van der Waals surface area contributed by atoms with E-state index in [4.69, 9.17) is 14.4 Å². The number of ether oxygens (including phenoxy) is 2. The van der Waals surface area contributed by atoms with E-state index in [-0.39, 0.29) is 92.9 Å². The van der Waals surface area contributed by atoms with Crippen molar-refractivity contribution in [1.82, 2.24) is 0 Å². The average molecular weight is 1350 g/mol. The minimum Gasteiger partial charge on any atom is -0.508 e. The molecule has 4 fully saturated rings. The number of phenols is 1. The third kappa shape index (κ3) is 28.1. The monoisotopic (exact) mass is 1350 g/mol. The number of phenolic OH excluding ortho intramolecular Hbond substituents is 1. The van der Waals surface area contributed by atoms with Crippen LogP contribution in [0.3, 0.4) is 0 Å². The molecule has 0 aromatic heterocycles. The summed E-state index contributed by atoms with van der Waals surface area (Å²) in [6.45, 7) is 21.9. The van der Waals surface area contributed by atoms with Crippen molar-refractivity contribution in [1.29, 1.82) is 0 Å². The zero-order valence-electron chi connectivity index (χ0n) is 51.9. The Balaban J connectivity index is -0.000000343. The Morgan fingerprint density at radius 1 is 0.559 bits per heavy atom. The van der Waals surface area contributed by atoms with Crippen molar-refractivity contribution in [3.8, 4) is 5.75 Å². The standard InChI is InChI=1S/C18H30O2.C18H15S.C13H17F3O.C10H18F2O5S.C10H14O.8CH4/c1-5-17(3,4)16(19)20-18(6-2)14-8-12-7-13(10-14)11-15(18)9-12;1-4-10-16(11-5-1)19(17-12-6-2-7-13-17)18-14-8-3-9-15-18;1-4-9(2)10-5-7-11(8-6-10)12(3,17)13(14,15)16;1-4-9(2,3)8(13)17-6-5-10(11,12)7-18(14,15)16;1-3-8(2)9-4-6-10(11)7-5-9;;;;;;;;/h12-15H,5-11H2,1-4H3;1-15H;5-9,17H,4H2,1-3H3;4-7H2,1-3H3,(H,14,15,16);4-8,11H,3H2,1-2H3;8*1H4/q;+1;;;;;;;;;;;. The third-order valence-electron chi connectivity index (χ3n) is 17.5. The lowest BCUT2D eigenvalue weighted by molar-refractivity contribution is -0.258. The Morgan fingerprint density at radius 2 is 0.903 bits per heavy atom. The number of rotatable bonds is 19. The number of hydrogen-bond donors (Lipinski definition) is 3. The second-order valence-electron chi connectivity index (χ2n) is 24.6. The van der Waals surface area contributed by atoms with Gasteiger partial charge in [-0.2, -0.15) is 21.6 Å². The number of alkyl halides is 5. The van der Waals surface area contributed by atoms with E-state index in [9.17, 15) is 45.1 Å². The summed E-state index contributed by atoms with van der Waals surface area (Å²) in [5.74, 6) is -1.50. The second kappa shape index (κ2) is 42.3. The molecular weight excluding hydrogens is 1230 g/mol. The molecule has 3 N–H and O–H groups in total. The van der Waals surface area contributed by atoms with Crippen molar-refractivity contribution in [3.05, 3.63) is 156 Å². The van der Waals surface area contributed by atoms with Crippen molar-refractivity contribution < 1.29 is 64.2 Å². The van der Waals surface area contributed by atoms with E-state index in [0.29, 0.717) is 35.8 Å². The summed E-state index contributed by atoms with van der Waals surface area (Å²) in [5, 5.41) is 18.5. The van der Waals surface area contributed by atoms with Gasteiger partial charge in [-0.25, -0.2) is 8.78 Å². The van der Waals surface area contributed by atoms with Crippen LogP contribution in [0.25, 0.3) is 0 Å². The summed E-state index contributed by atoms with van der Waals surface area (Å²) in [5.41, 5.74) is -1.87. The number of aliphatic hydroxyl groups is 1. The highest BCUT2D eigenvalue weighted by Crippen LogP contribution is 2.61. The summed E-state index contributed by atoms with van der Waals surface area (Å²) < 4.78 is 104. The molecule has 5 aromatic carbocycles. The largest absolute Gasteiger partial charge is 0.508 e. The first-order chi connectivity index (χ1) is 39.7. The summed E-state index contributed by atoms with van der Waals surface area (Å²) in [4.78, 5) is 28.1. The number of benzene rings is 5. The van der Waals surface area contributed by atoms with Gasteiger partial charge in [0, 0.05) is 6.42 Å². The SMILES string of the molecule is C.C.C.C.C.C.C.C.CCC(C)(C)C(=O)OC1(CC)C2CC3CC(C2)CC1C3.CCC(C)(C)C(=O)OCCC(F)(F)CS(=O)(=O)O.CCC(C)c1ccc(C(C)(O)C(F)(F)F)cc1.CCC(C)c1ccc(O)cc1.c1ccc([S+](c2ccccc2)c2ccccc2)cc1. The molecule has 0 amide bonds. The lowest BCUT2D eigenvalue weighted by Crippen LogP contribution is -2.60. The number of esters is 2. The van der Waals surface area contributed by atoms with Crippen LogP contribution in [0, 0.1) is 34.5 Å². The summed E-state index contributed by atoms with van der Waals surface area (Å²) in [7, 11) is -4.77. The first-order valence-corrected chi connectivity index (χ1v) is 32.8. The Kier molecular flexibility index (Phi) is 43.8. The van der Waals surface area contributed by atoms with Gasteiger partial charge in [-0.3, -0.25) is 14.1 Å². The fourth-order valence-corrected chi connectivity index (χ4v) is 13.7. The molecule has 4 aliphatic rings. The zero-order chi connectivity index (χ0) is 63.6. The maximum atomic E-state index is 13.0. The fraction of sp³-hybridized carbons (Fsp3) is 0.584. The van der Waals surface area contributed by atoms with Crippen LogP contribution < -0.4 is 0 Å². The molecule has 3 atom stereocenters. The van der Waals surface area contributed by atoms with E-state index < -0.39 is 58.0 Å². The third-order valence-corrected chi connectivity index (χ3v) is 20.6. The van der Waals surface area contributed by atoms with Gasteiger partial charge < -0.3 is 19.7 Å². The molecule has 93 heavy (non-hydrogen) atoms. The van der Waals surface area contributed by atoms with Crippen LogP contribution >= 0.6 is 0 Å². The smallest absolute Gasteiger partial charge is 0.421 e. The molecule has 3 unspecified atom stereocenters. The van der Waals surface area contributed by atoms with Crippen LogP contribution in [-0.4, -0.2) is 65.2 Å². The van der Waals surface area contributed by atoms with Gasteiger partial charge in [0.15, 0.2) is 20.3 Å². The van der Waals surface area contributed by atoms with E-state index in [0.717, 1.165) is 50.0 Å². The maximum absolute atomic E-state index is 13.0. The van der Waals surface area contributed by atoms with E-state index >= 15 is 0 Å². The van der Waals surface area contributed by atoms with Gasteiger partial charge in [0.05, 0.1) is 28.3 Å². The maximum Gasteiger partial charge on any atom is 0.421 e. The minimum absolute atomic E-state index is 0. The summed E-state index contributed by atoms with van der Waals surface area (Å²) >= 11 is 0. The van der Waals surface area contributed by atoms with Gasteiger partial charge in [-0.15, -0.1) is 0 Å². The Labute approximate surface area is 566 Å². The Hall–Kier alpha value is -5.29. The summed E-state index contributed by atoms with van der Waals surface area (Å²) in [6, 6.07) is 45.6. The number of carbonyl (C=O) groups is 2. The van der Waals surface area contributed by atoms with Gasteiger partial charge in [-0.1, -0.05) is 199 Å². The van der Waals surface area contributed by atoms with E-state index in [2.05, 4.69) is 123 Å². The lowest BCUT2D eigenvalue weighted by Gasteiger charge is -2.60. The van der Waals surface area contributed by atoms with Crippen molar-refractivity contribution in [2.45, 2.75) is 263 Å². The highest BCUT2D eigenvalue weighted by molar-refractivity contribution is 7.97. The highest BCUT2D eigenvalue weighted by Gasteiger charge is 2.59. The molecule has 9 rings (SSSR count). The number of hydrogen-bond acceptors (Lipinski definition) is 8. The molecule has 534 valence electrons. The number of carbonyl (C=O) groups excluding carboxylic acids is 2.